The van der Waals surface area contributed by atoms with E-state index in [0.717, 1.165) is 0 Å². The van der Waals surface area contributed by atoms with Gasteiger partial charge in [-0.2, -0.15) is 5.10 Å². The van der Waals surface area contributed by atoms with E-state index in [0.29, 0.717) is 34.9 Å². The fraction of sp³-hybridized carbons (Fsp3) is 0.296. The fourth-order valence-electron chi connectivity index (χ4n) is 3.73. The van der Waals surface area contributed by atoms with Crippen LogP contribution in [0.1, 0.15) is 31.0 Å². The molecule has 0 fully saturated rings. The Bertz CT molecular complexity index is 1330. The van der Waals surface area contributed by atoms with Crippen LogP contribution in [0.4, 0.5) is 4.79 Å². The number of urea groups is 1. The minimum Gasteiger partial charge on any atom is -0.490 e. The molecule has 0 radical (unpaired) electrons. The predicted octanol–water partition coefficient (Wildman–Crippen LogP) is 3.53. The third-order valence-corrected chi connectivity index (χ3v) is 5.99. The summed E-state index contributed by atoms with van der Waals surface area (Å²) < 4.78 is 21.7. The fourth-order valence-corrected chi connectivity index (χ4v) is 4.34. The zero-order valence-corrected chi connectivity index (χ0v) is 23.4. The molecule has 212 valence electrons. The van der Waals surface area contributed by atoms with Crippen LogP contribution >= 0.6 is 23.2 Å². The number of carbonyl (C=O) groups excluding carboxylic acids is 2. The molecule has 0 bridgehead atoms. The number of aliphatic hydroxyl groups excluding tert-OH is 1. The van der Waals surface area contributed by atoms with Gasteiger partial charge in [0.05, 0.1) is 41.6 Å². The van der Waals surface area contributed by atoms with Crippen LogP contribution in [-0.4, -0.2) is 56.5 Å². The zero-order chi connectivity index (χ0) is 29.2. The Hall–Kier alpha value is -4.11. The molecule has 0 saturated carbocycles. The van der Waals surface area contributed by atoms with Gasteiger partial charge >= 0.3 is 12.0 Å². The lowest BCUT2D eigenvalue weighted by Crippen LogP contribution is -2.45. The number of rotatable bonds is 12. The average molecular weight is 591 g/mol. The van der Waals surface area contributed by atoms with Gasteiger partial charge in [-0.25, -0.2) is 9.59 Å². The van der Waals surface area contributed by atoms with E-state index >= 15 is 0 Å². The third kappa shape index (κ3) is 7.72. The summed E-state index contributed by atoms with van der Waals surface area (Å²) in [5, 5.41) is 20.1. The van der Waals surface area contributed by atoms with Crippen LogP contribution in [0.2, 0.25) is 10.0 Å². The van der Waals surface area contributed by atoms with Gasteiger partial charge in [0.15, 0.2) is 23.5 Å². The van der Waals surface area contributed by atoms with Gasteiger partial charge in [-0.05, 0) is 49.2 Å². The molecule has 3 rings (SSSR count). The van der Waals surface area contributed by atoms with Crippen molar-refractivity contribution in [2.75, 3.05) is 26.9 Å². The first-order valence-electron chi connectivity index (χ1n) is 12.0. The highest BCUT2D eigenvalue weighted by Gasteiger charge is 2.32. The maximum atomic E-state index is 12.4. The van der Waals surface area contributed by atoms with E-state index in [1.165, 1.54) is 13.3 Å². The Balaban J connectivity index is 1.68. The molecule has 0 saturated heterocycles. The van der Waals surface area contributed by atoms with Crippen molar-refractivity contribution in [1.82, 2.24) is 16.1 Å². The normalized spacial score (nSPS) is 15.5. The van der Waals surface area contributed by atoms with Crippen molar-refractivity contribution in [2.45, 2.75) is 26.1 Å². The van der Waals surface area contributed by atoms with Crippen molar-refractivity contribution in [3.05, 3.63) is 62.8 Å². The zero-order valence-electron chi connectivity index (χ0n) is 21.9. The van der Waals surface area contributed by atoms with Crippen molar-refractivity contribution in [3.8, 4) is 29.6 Å². The van der Waals surface area contributed by atoms with Crippen LogP contribution in [0.3, 0.4) is 0 Å². The van der Waals surface area contributed by atoms with Gasteiger partial charge < -0.3 is 34.7 Å². The molecule has 0 unspecified atom stereocenters. The highest BCUT2D eigenvalue weighted by atomic mass is 35.5. The second-order valence-corrected chi connectivity index (χ2v) is 9.04. The number of hydrogen-bond donors (Lipinski definition) is 4. The summed E-state index contributed by atoms with van der Waals surface area (Å²) in [7, 11) is 1.26. The standard InChI is InChI=1S/C27H28Cl2N4O7/c1-5-9-39-25-18(28)10-16(11-19(25)29)13-30-33-22(34)14-40-20-8-7-17(12-21(20)38-6-2)24-23(26(35)37-4)15(3)31-27(36)32-24/h1,7-8,10-13,22,24,33-34H,6,9,14H2,2-4H3,(H2,31,32,36)/b30-13-/t22-,24-/m0/s1. The summed E-state index contributed by atoms with van der Waals surface area (Å²) in [5.74, 6) is 2.70. The number of hydrogen-bond acceptors (Lipinski definition) is 9. The van der Waals surface area contributed by atoms with Crippen LogP contribution in [0.25, 0.3) is 0 Å². The van der Waals surface area contributed by atoms with Crippen molar-refractivity contribution >= 4 is 41.4 Å². The van der Waals surface area contributed by atoms with Crippen molar-refractivity contribution < 1.29 is 33.6 Å². The minimum absolute atomic E-state index is 0.0221. The van der Waals surface area contributed by atoms with E-state index in [4.69, 9.17) is 48.6 Å². The average Bonchev–Trinajstić information content (AvgIpc) is 2.91. The van der Waals surface area contributed by atoms with Crippen LogP contribution in [0.5, 0.6) is 17.2 Å². The lowest BCUT2D eigenvalue weighted by Gasteiger charge is -2.28. The molecule has 2 aromatic rings. The molecule has 0 aliphatic carbocycles. The lowest BCUT2D eigenvalue weighted by atomic mass is 9.95. The molecule has 0 aromatic heterocycles. The maximum Gasteiger partial charge on any atom is 0.337 e. The van der Waals surface area contributed by atoms with Crippen LogP contribution in [-0.2, 0) is 9.53 Å². The third-order valence-electron chi connectivity index (χ3n) is 5.43. The number of halogens is 2. The number of aliphatic hydroxyl groups is 1. The Labute approximate surface area is 241 Å². The smallest absolute Gasteiger partial charge is 0.337 e. The predicted molar refractivity (Wildman–Crippen MR) is 150 cm³/mol. The van der Waals surface area contributed by atoms with Crippen LogP contribution in [0, 0.1) is 12.3 Å². The van der Waals surface area contributed by atoms with Crippen molar-refractivity contribution in [2.24, 2.45) is 5.10 Å². The molecule has 1 aliphatic rings. The topological polar surface area (TPSA) is 140 Å². The molecule has 0 spiro atoms. The number of terminal acetylenes is 1. The largest absolute Gasteiger partial charge is 0.490 e. The number of benzene rings is 2. The summed E-state index contributed by atoms with van der Waals surface area (Å²) >= 11 is 12.4. The minimum atomic E-state index is -1.19. The van der Waals surface area contributed by atoms with E-state index in [2.05, 4.69) is 27.1 Å². The Morgan fingerprint density at radius 3 is 2.60 bits per heavy atom. The number of hydrazone groups is 1. The van der Waals surface area contributed by atoms with Gasteiger partial charge in [0.25, 0.3) is 0 Å². The number of allylic oxidation sites excluding steroid dienone is 1. The Kier molecular flexibility index (Phi) is 10.9. The number of carbonyl (C=O) groups is 2. The summed E-state index contributed by atoms with van der Waals surface area (Å²) in [5.41, 5.74) is 4.30. The monoisotopic (exact) mass is 590 g/mol. The molecule has 2 aromatic carbocycles. The highest BCUT2D eigenvalue weighted by molar-refractivity contribution is 6.37. The molecule has 1 heterocycles. The van der Waals surface area contributed by atoms with Gasteiger partial charge in [0.1, 0.15) is 13.2 Å². The summed E-state index contributed by atoms with van der Waals surface area (Å²) in [4.78, 5) is 24.5. The van der Waals surface area contributed by atoms with Gasteiger partial charge in [-0.1, -0.05) is 35.2 Å². The molecule has 40 heavy (non-hydrogen) atoms. The van der Waals surface area contributed by atoms with Gasteiger partial charge in [-0.15, -0.1) is 6.42 Å². The van der Waals surface area contributed by atoms with Crippen molar-refractivity contribution in [1.29, 1.82) is 0 Å². The molecule has 11 nitrogen and oxygen atoms in total. The molecule has 1 aliphatic heterocycles. The number of nitrogens with one attached hydrogen (secondary N) is 3. The lowest BCUT2D eigenvalue weighted by molar-refractivity contribution is -0.136. The first kappa shape index (κ1) is 30.4. The van der Waals surface area contributed by atoms with Crippen molar-refractivity contribution in [3.63, 3.8) is 0 Å². The second kappa shape index (κ2) is 14.3. The molecule has 13 heteroatoms. The summed E-state index contributed by atoms with van der Waals surface area (Å²) in [6.45, 7) is 3.56. The molecule has 2 amide bonds. The first-order chi connectivity index (χ1) is 19.2. The molecule has 4 N–H and O–H groups in total. The van der Waals surface area contributed by atoms with E-state index in [1.807, 2.05) is 0 Å². The number of amides is 2. The number of methoxy groups -OCH3 is 1. The summed E-state index contributed by atoms with van der Waals surface area (Å²) in [6, 6.07) is 6.87. The van der Waals surface area contributed by atoms with Gasteiger partial charge in [0.2, 0.25) is 0 Å². The first-order valence-corrected chi connectivity index (χ1v) is 12.7. The molecular weight excluding hydrogens is 563 g/mol. The number of esters is 1. The van der Waals surface area contributed by atoms with Crippen LogP contribution < -0.4 is 30.3 Å². The number of ether oxygens (including phenoxy) is 4. The molecular formula is C27H28Cl2N4O7. The van der Waals surface area contributed by atoms with E-state index in [1.54, 1.807) is 44.2 Å². The second-order valence-electron chi connectivity index (χ2n) is 8.22. The van der Waals surface area contributed by atoms with E-state index in [-0.39, 0.29) is 34.6 Å². The summed E-state index contributed by atoms with van der Waals surface area (Å²) in [6.07, 6.45) is 5.41. The molecule has 2 atom stereocenters. The quantitative estimate of drug-likeness (QED) is 0.0967. The maximum absolute atomic E-state index is 12.4. The van der Waals surface area contributed by atoms with E-state index in [9.17, 15) is 14.7 Å². The van der Waals surface area contributed by atoms with Gasteiger partial charge in [0, 0.05) is 5.70 Å². The van der Waals surface area contributed by atoms with E-state index < -0.39 is 24.3 Å². The SMILES string of the molecule is C#CCOc1c(Cl)cc(/C=N\N[C@@H](O)COc2ccc([C@@H]3NC(=O)NC(C)=C3C(=O)OC)cc2OCC)cc1Cl. The van der Waals surface area contributed by atoms with Gasteiger partial charge in [-0.3, -0.25) is 5.43 Å². The van der Waals surface area contributed by atoms with Crippen LogP contribution in [0.15, 0.2) is 46.7 Å². The Morgan fingerprint density at radius 2 is 1.95 bits per heavy atom. The highest BCUT2D eigenvalue weighted by Crippen LogP contribution is 2.35. The number of nitrogens with zero attached hydrogens (tertiary/aromatic N) is 1. The Morgan fingerprint density at radius 1 is 1.23 bits per heavy atom.